The quantitative estimate of drug-likeness (QED) is 0.388. The van der Waals surface area contributed by atoms with Crippen LogP contribution >= 0.6 is 11.3 Å². The second kappa shape index (κ2) is 8.27. The van der Waals surface area contributed by atoms with Gasteiger partial charge in [-0.1, -0.05) is 25.3 Å². The Balaban J connectivity index is 1.75. The van der Waals surface area contributed by atoms with Crippen LogP contribution in [0.2, 0.25) is 0 Å². The first kappa shape index (κ1) is 17.6. The number of thiophene rings is 1. The number of aliphatic hydroxyl groups excluding tert-OH is 1. The van der Waals surface area contributed by atoms with Crippen LogP contribution in [0.3, 0.4) is 0 Å². The average molecular weight is 358 g/mol. The topological polar surface area (TPSA) is 86.2 Å². The molecule has 0 aliphatic heterocycles. The summed E-state index contributed by atoms with van der Waals surface area (Å²) in [7, 11) is 0. The van der Waals surface area contributed by atoms with E-state index in [9.17, 15) is 9.90 Å². The third kappa shape index (κ3) is 4.08. The van der Waals surface area contributed by atoms with E-state index in [0.717, 1.165) is 37.0 Å². The summed E-state index contributed by atoms with van der Waals surface area (Å²) in [5.41, 5.74) is 1.60. The molecule has 3 aromatic rings. The number of ketones is 1. The molecule has 0 aliphatic rings. The maximum Gasteiger partial charge on any atom is 0.165 e. The Morgan fingerprint density at radius 2 is 1.92 bits per heavy atom. The Morgan fingerprint density at radius 3 is 2.68 bits per heavy atom. The molecule has 0 saturated carbocycles. The fourth-order valence-corrected chi connectivity index (χ4v) is 3.56. The van der Waals surface area contributed by atoms with Crippen LogP contribution in [0.5, 0.6) is 5.75 Å². The van der Waals surface area contributed by atoms with Gasteiger partial charge in [0, 0.05) is 18.6 Å². The van der Waals surface area contributed by atoms with Crippen LogP contribution in [0.15, 0.2) is 29.6 Å². The van der Waals surface area contributed by atoms with Gasteiger partial charge >= 0.3 is 0 Å². The van der Waals surface area contributed by atoms with Gasteiger partial charge in [0.1, 0.15) is 22.6 Å². The number of aromatic amines is 1. The standard InChI is InChI=1S/C19H22N2O3S/c22-11-5-3-1-2-4-7-14(23)13-9-10-15(24)18-17(13)20-19(21-18)16-8-6-12-25-16/h6,8-10,12,22,24H,1-5,7,11H2,(H,20,21). The van der Waals surface area contributed by atoms with Crippen molar-refractivity contribution in [3.8, 4) is 16.5 Å². The number of unbranched alkanes of at least 4 members (excludes halogenated alkanes) is 4. The minimum Gasteiger partial charge on any atom is -0.506 e. The molecule has 0 unspecified atom stereocenters. The summed E-state index contributed by atoms with van der Waals surface area (Å²) in [4.78, 5) is 21.2. The van der Waals surface area contributed by atoms with E-state index in [1.165, 1.54) is 0 Å². The molecule has 0 radical (unpaired) electrons. The van der Waals surface area contributed by atoms with Gasteiger partial charge in [-0.05, 0) is 36.4 Å². The molecule has 3 N–H and O–H groups in total. The van der Waals surface area contributed by atoms with Gasteiger partial charge in [0.15, 0.2) is 5.78 Å². The predicted molar refractivity (Wildman–Crippen MR) is 100 cm³/mol. The van der Waals surface area contributed by atoms with E-state index in [1.54, 1.807) is 23.5 Å². The molecule has 1 aromatic carbocycles. The summed E-state index contributed by atoms with van der Waals surface area (Å²) in [5, 5.41) is 20.8. The number of carbonyl (C=O) groups is 1. The monoisotopic (exact) mass is 358 g/mol. The number of phenolic OH excluding ortho intramolecular Hbond substituents is 1. The van der Waals surface area contributed by atoms with Gasteiger partial charge in [0.25, 0.3) is 0 Å². The van der Waals surface area contributed by atoms with Crippen molar-refractivity contribution in [1.29, 1.82) is 0 Å². The number of imidazole rings is 1. The minimum absolute atomic E-state index is 0.0522. The maximum atomic E-state index is 12.6. The normalized spacial score (nSPS) is 11.2. The largest absolute Gasteiger partial charge is 0.506 e. The lowest BCUT2D eigenvalue weighted by Crippen LogP contribution is -2.00. The number of Topliss-reactive ketones (excluding diaryl/α,β-unsaturated/α-hetero) is 1. The molecule has 2 heterocycles. The highest BCUT2D eigenvalue weighted by Gasteiger charge is 2.17. The van der Waals surface area contributed by atoms with Crippen LogP contribution in [0.1, 0.15) is 48.9 Å². The highest BCUT2D eigenvalue weighted by atomic mass is 32.1. The first-order valence-electron chi connectivity index (χ1n) is 8.60. The van der Waals surface area contributed by atoms with Crippen molar-refractivity contribution in [2.75, 3.05) is 6.61 Å². The molecule has 0 fully saturated rings. The van der Waals surface area contributed by atoms with Gasteiger partial charge < -0.3 is 15.2 Å². The lowest BCUT2D eigenvalue weighted by molar-refractivity contribution is 0.0980. The van der Waals surface area contributed by atoms with E-state index in [4.69, 9.17) is 5.11 Å². The third-order valence-corrected chi connectivity index (χ3v) is 5.12. The number of fused-ring (bicyclic) bond motifs is 1. The molecule has 25 heavy (non-hydrogen) atoms. The van der Waals surface area contributed by atoms with Crippen LogP contribution < -0.4 is 0 Å². The van der Waals surface area contributed by atoms with Crippen molar-refractivity contribution in [3.63, 3.8) is 0 Å². The highest BCUT2D eigenvalue weighted by molar-refractivity contribution is 7.13. The number of phenols is 1. The van der Waals surface area contributed by atoms with Crippen molar-refractivity contribution in [2.45, 2.75) is 38.5 Å². The minimum atomic E-state index is 0.0522. The number of aromatic hydroxyl groups is 1. The molecular weight excluding hydrogens is 336 g/mol. The molecule has 0 bridgehead atoms. The summed E-state index contributed by atoms with van der Waals surface area (Å²) < 4.78 is 0. The lowest BCUT2D eigenvalue weighted by Gasteiger charge is -2.03. The van der Waals surface area contributed by atoms with E-state index in [0.29, 0.717) is 28.8 Å². The van der Waals surface area contributed by atoms with Crippen molar-refractivity contribution in [3.05, 3.63) is 35.2 Å². The van der Waals surface area contributed by atoms with E-state index < -0.39 is 0 Å². The molecule has 0 amide bonds. The fourth-order valence-electron chi connectivity index (χ4n) is 2.90. The van der Waals surface area contributed by atoms with Crippen LogP contribution in [-0.2, 0) is 0 Å². The highest BCUT2D eigenvalue weighted by Crippen LogP contribution is 2.31. The lowest BCUT2D eigenvalue weighted by atomic mass is 10.0. The molecule has 0 aliphatic carbocycles. The summed E-state index contributed by atoms with van der Waals surface area (Å²) in [6.07, 6.45) is 5.13. The van der Waals surface area contributed by atoms with Crippen molar-refractivity contribution < 1.29 is 15.0 Å². The molecule has 5 nitrogen and oxygen atoms in total. The number of aromatic nitrogens is 2. The maximum absolute atomic E-state index is 12.6. The van der Waals surface area contributed by atoms with Gasteiger partial charge in [-0.2, -0.15) is 0 Å². The van der Waals surface area contributed by atoms with E-state index in [2.05, 4.69) is 9.97 Å². The van der Waals surface area contributed by atoms with Gasteiger partial charge in [0.2, 0.25) is 0 Å². The number of hydrogen-bond acceptors (Lipinski definition) is 5. The molecule has 2 aromatic heterocycles. The number of benzene rings is 1. The zero-order chi connectivity index (χ0) is 17.6. The van der Waals surface area contributed by atoms with Crippen LogP contribution in [0.4, 0.5) is 0 Å². The van der Waals surface area contributed by atoms with Crippen molar-refractivity contribution in [1.82, 2.24) is 9.97 Å². The molecule has 6 heteroatoms. The first-order valence-corrected chi connectivity index (χ1v) is 9.48. The van der Waals surface area contributed by atoms with Gasteiger partial charge in [-0.3, -0.25) is 4.79 Å². The molecular formula is C19H22N2O3S. The Labute approximate surface area is 150 Å². The summed E-state index contributed by atoms with van der Waals surface area (Å²) in [5.74, 6) is 0.826. The van der Waals surface area contributed by atoms with Gasteiger partial charge in [-0.15, -0.1) is 11.3 Å². The zero-order valence-corrected chi connectivity index (χ0v) is 14.8. The Hall–Kier alpha value is -2.18. The Kier molecular flexibility index (Phi) is 5.83. The predicted octanol–water partition coefficient (Wildman–Crippen LogP) is 4.51. The fraction of sp³-hybridized carbons (Fsp3) is 0.368. The van der Waals surface area contributed by atoms with Gasteiger partial charge in [0.05, 0.1) is 4.88 Å². The number of rotatable bonds is 9. The number of nitrogens with zero attached hydrogens (tertiary/aromatic N) is 1. The third-order valence-electron chi connectivity index (χ3n) is 4.24. The van der Waals surface area contributed by atoms with Crippen LogP contribution in [-0.4, -0.2) is 32.6 Å². The number of nitrogens with one attached hydrogen (secondary N) is 1. The molecule has 3 rings (SSSR count). The second-order valence-electron chi connectivity index (χ2n) is 6.08. The zero-order valence-electron chi connectivity index (χ0n) is 14.0. The van der Waals surface area contributed by atoms with Crippen molar-refractivity contribution >= 4 is 28.2 Å². The SMILES string of the molecule is O=C(CCCCCCCO)c1ccc(O)c2[nH]c(-c3cccs3)nc12. The Bertz CT molecular complexity index is 840. The number of hydrogen-bond donors (Lipinski definition) is 3. The van der Waals surface area contributed by atoms with E-state index in [-0.39, 0.29) is 18.1 Å². The smallest absolute Gasteiger partial charge is 0.165 e. The number of carbonyl (C=O) groups excluding carboxylic acids is 1. The van der Waals surface area contributed by atoms with Crippen LogP contribution in [0, 0.1) is 0 Å². The molecule has 0 saturated heterocycles. The van der Waals surface area contributed by atoms with E-state index >= 15 is 0 Å². The number of H-pyrrole nitrogens is 1. The summed E-state index contributed by atoms with van der Waals surface area (Å²) >= 11 is 1.56. The summed E-state index contributed by atoms with van der Waals surface area (Å²) in [6, 6.07) is 7.10. The van der Waals surface area contributed by atoms with Crippen LogP contribution in [0.25, 0.3) is 21.7 Å². The van der Waals surface area contributed by atoms with Gasteiger partial charge in [-0.25, -0.2) is 4.98 Å². The first-order chi connectivity index (χ1) is 12.2. The number of aliphatic hydroxyl groups is 1. The van der Waals surface area contributed by atoms with Crippen molar-refractivity contribution in [2.24, 2.45) is 0 Å². The molecule has 132 valence electrons. The second-order valence-corrected chi connectivity index (χ2v) is 7.03. The van der Waals surface area contributed by atoms with E-state index in [1.807, 2.05) is 17.5 Å². The Morgan fingerprint density at radius 1 is 1.12 bits per heavy atom. The molecule has 0 atom stereocenters. The average Bonchev–Trinajstić information content (AvgIpc) is 3.27. The summed E-state index contributed by atoms with van der Waals surface area (Å²) in [6.45, 7) is 0.232. The molecule has 0 spiro atoms.